The lowest BCUT2D eigenvalue weighted by Crippen LogP contribution is -2.18. The van der Waals surface area contributed by atoms with Gasteiger partial charge in [0.15, 0.2) is 0 Å². The molecule has 0 amide bonds. The molecule has 5 rings (SSSR count). The Balaban J connectivity index is 1.49. The first-order valence-corrected chi connectivity index (χ1v) is 13.5. The number of hydrogen-bond donors (Lipinski definition) is 1. The lowest BCUT2D eigenvalue weighted by Gasteiger charge is -2.11. The minimum absolute atomic E-state index is 0.00331. The summed E-state index contributed by atoms with van der Waals surface area (Å²) in [5.41, 5.74) is 3.55. The third-order valence-corrected chi connectivity index (χ3v) is 7.90. The van der Waals surface area contributed by atoms with Crippen molar-refractivity contribution in [3.63, 3.8) is 0 Å². The summed E-state index contributed by atoms with van der Waals surface area (Å²) in [6, 6.07) is 12.9. The Morgan fingerprint density at radius 1 is 1.14 bits per heavy atom. The highest BCUT2D eigenvalue weighted by molar-refractivity contribution is 7.90. The SMILES string of the molecule is CCS(=O)(=O)n1cc(-c2ccnc(Nc3cc(Cl)c4c(cnn4CCN(C)C)c3)n2)c2ccccc21. The molecule has 0 aliphatic rings. The van der Waals surface area contributed by atoms with Crippen molar-refractivity contribution in [3.05, 3.63) is 66.1 Å². The van der Waals surface area contributed by atoms with Crippen LogP contribution in [0.3, 0.4) is 0 Å². The molecule has 3 aromatic heterocycles. The maximum absolute atomic E-state index is 12.7. The minimum Gasteiger partial charge on any atom is -0.324 e. The quantitative estimate of drug-likeness (QED) is 0.317. The van der Waals surface area contributed by atoms with Crippen LogP contribution in [0.1, 0.15) is 6.92 Å². The number of fused-ring (bicyclic) bond motifs is 2. The summed E-state index contributed by atoms with van der Waals surface area (Å²) in [7, 11) is 0.565. The molecule has 0 aliphatic heterocycles. The summed E-state index contributed by atoms with van der Waals surface area (Å²) in [4.78, 5) is 11.1. The van der Waals surface area contributed by atoms with Gasteiger partial charge in [-0.15, -0.1) is 0 Å². The van der Waals surface area contributed by atoms with Crippen molar-refractivity contribution in [1.29, 1.82) is 0 Å². The number of para-hydroxylation sites is 1. The van der Waals surface area contributed by atoms with Crippen molar-refractivity contribution in [2.45, 2.75) is 13.5 Å². The van der Waals surface area contributed by atoms with Gasteiger partial charge in [0.1, 0.15) is 0 Å². The summed E-state index contributed by atoms with van der Waals surface area (Å²) in [6.07, 6.45) is 5.06. The minimum atomic E-state index is -3.47. The normalized spacial score (nSPS) is 12.1. The molecule has 0 fully saturated rings. The first-order valence-electron chi connectivity index (χ1n) is 11.5. The largest absolute Gasteiger partial charge is 0.324 e. The lowest BCUT2D eigenvalue weighted by atomic mass is 10.1. The van der Waals surface area contributed by atoms with Gasteiger partial charge in [-0.05, 0) is 45.3 Å². The predicted octanol–water partition coefficient (Wildman–Crippen LogP) is 4.60. The fourth-order valence-electron chi connectivity index (χ4n) is 4.14. The zero-order chi connectivity index (χ0) is 25.4. The van der Waals surface area contributed by atoms with E-state index < -0.39 is 10.0 Å². The highest BCUT2D eigenvalue weighted by atomic mass is 35.5. The van der Waals surface area contributed by atoms with Crippen LogP contribution in [-0.2, 0) is 16.6 Å². The topological polar surface area (TPSA) is 97.9 Å². The van der Waals surface area contributed by atoms with Gasteiger partial charge in [0.25, 0.3) is 0 Å². The van der Waals surface area contributed by atoms with Gasteiger partial charge in [0, 0.05) is 41.0 Å². The highest BCUT2D eigenvalue weighted by Gasteiger charge is 2.19. The Kier molecular flexibility index (Phi) is 6.42. The number of aromatic nitrogens is 5. The summed E-state index contributed by atoms with van der Waals surface area (Å²) < 4.78 is 28.6. The van der Waals surface area contributed by atoms with E-state index in [4.69, 9.17) is 11.6 Å². The molecule has 0 unspecified atom stereocenters. The molecule has 11 heteroatoms. The molecule has 0 spiro atoms. The Morgan fingerprint density at radius 2 is 1.94 bits per heavy atom. The summed E-state index contributed by atoms with van der Waals surface area (Å²) in [5, 5.41) is 10.00. The maximum atomic E-state index is 12.7. The Bertz CT molecular complexity index is 1670. The molecule has 2 aromatic carbocycles. The van der Waals surface area contributed by atoms with Gasteiger partial charge >= 0.3 is 0 Å². The van der Waals surface area contributed by atoms with Crippen LogP contribution in [0.5, 0.6) is 0 Å². The van der Waals surface area contributed by atoms with E-state index in [1.54, 1.807) is 37.6 Å². The zero-order valence-corrected chi connectivity index (χ0v) is 21.8. The zero-order valence-electron chi connectivity index (χ0n) is 20.2. The van der Waals surface area contributed by atoms with Gasteiger partial charge in [-0.1, -0.05) is 29.8 Å². The number of likely N-dealkylation sites (N-methyl/N-ethyl adjacent to an activating group) is 1. The van der Waals surface area contributed by atoms with Crippen LogP contribution in [-0.4, -0.2) is 63.4 Å². The molecule has 0 saturated carbocycles. The van der Waals surface area contributed by atoms with Crippen molar-refractivity contribution < 1.29 is 8.42 Å². The van der Waals surface area contributed by atoms with Gasteiger partial charge in [-0.3, -0.25) is 4.68 Å². The van der Waals surface area contributed by atoms with E-state index >= 15 is 0 Å². The second-order valence-corrected chi connectivity index (χ2v) is 11.3. The second kappa shape index (κ2) is 9.53. The van der Waals surface area contributed by atoms with Crippen LogP contribution >= 0.6 is 11.6 Å². The van der Waals surface area contributed by atoms with Crippen molar-refractivity contribution in [3.8, 4) is 11.3 Å². The van der Waals surface area contributed by atoms with E-state index in [0.29, 0.717) is 27.7 Å². The van der Waals surface area contributed by atoms with Crippen LogP contribution in [0, 0.1) is 0 Å². The molecular formula is C25H26ClN7O2S. The molecule has 186 valence electrons. The van der Waals surface area contributed by atoms with Crippen molar-refractivity contribution in [1.82, 2.24) is 28.6 Å². The van der Waals surface area contributed by atoms with E-state index in [2.05, 4.69) is 25.3 Å². The number of halogens is 1. The van der Waals surface area contributed by atoms with Crippen LogP contribution in [0.2, 0.25) is 5.02 Å². The van der Waals surface area contributed by atoms with E-state index in [1.165, 1.54) is 3.97 Å². The Morgan fingerprint density at radius 3 is 2.72 bits per heavy atom. The number of nitrogens with zero attached hydrogens (tertiary/aromatic N) is 6. The molecule has 1 N–H and O–H groups in total. The van der Waals surface area contributed by atoms with Gasteiger partial charge in [0.2, 0.25) is 16.0 Å². The van der Waals surface area contributed by atoms with Crippen LogP contribution < -0.4 is 5.32 Å². The maximum Gasteiger partial charge on any atom is 0.238 e. The fraction of sp³-hybridized carbons (Fsp3) is 0.240. The highest BCUT2D eigenvalue weighted by Crippen LogP contribution is 2.32. The molecule has 0 bridgehead atoms. The van der Waals surface area contributed by atoms with Gasteiger partial charge in [-0.25, -0.2) is 22.4 Å². The predicted molar refractivity (Wildman–Crippen MR) is 144 cm³/mol. The van der Waals surface area contributed by atoms with E-state index in [9.17, 15) is 8.42 Å². The molecule has 0 atom stereocenters. The second-order valence-electron chi connectivity index (χ2n) is 8.71. The average molecular weight is 524 g/mol. The smallest absolute Gasteiger partial charge is 0.238 e. The summed E-state index contributed by atoms with van der Waals surface area (Å²) in [6.45, 7) is 3.21. The monoisotopic (exact) mass is 523 g/mol. The lowest BCUT2D eigenvalue weighted by molar-refractivity contribution is 0.377. The van der Waals surface area contributed by atoms with E-state index in [1.807, 2.05) is 49.1 Å². The summed E-state index contributed by atoms with van der Waals surface area (Å²) >= 11 is 6.63. The molecule has 0 saturated heterocycles. The first kappa shape index (κ1) is 24.2. The molecule has 0 radical (unpaired) electrons. The molecule has 5 aromatic rings. The van der Waals surface area contributed by atoms with Crippen LogP contribution in [0.15, 0.2) is 61.1 Å². The molecular weight excluding hydrogens is 498 g/mol. The third kappa shape index (κ3) is 4.55. The van der Waals surface area contributed by atoms with Crippen LogP contribution in [0.4, 0.5) is 11.6 Å². The standard InChI is InChI=1S/C25H26ClN7O2S/c1-4-36(34,35)33-16-20(19-7-5-6-8-23(19)33)22-9-10-27-25(30-22)29-18-13-17-15-28-32(12-11-31(2)3)24(17)21(26)14-18/h5-10,13-16H,4,11-12H2,1-3H3,(H,27,29,30). The fourth-order valence-corrected chi connectivity index (χ4v) is 5.47. The number of nitrogens with one attached hydrogen (secondary N) is 1. The number of benzene rings is 2. The van der Waals surface area contributed by atoms with Crippen molar-refractivity contribution in [2.75, 3.05) is 31.7 Å². The third-order valence-electron chi connectivity index (χ3n) is 5.98. The van der Waals surface area contributed by atoms with Crippen molar-refractivity contribution >= 4 is 55.1 Å². The number of rotatable bonds is 8. The Hall–Kier alpha value is -3.47. The van der Waals surface area contributed by atoms with Crippen molar-refractivity contribution in [2.24, 2.45) is 0 Å². The molecule has 0 aliphatic carbocycles. The van der Waals surface area contributed by atoms with Gasteiger partial charge in [-0.2, -0.15) is 5.10 Å². The number of hydrogen-bond acceptors (Lipinski definition) is 7. The van der Waals surface area contributed by atoms with Crippen LogP contribution in [0.25, 0.3) is 33.1 Å². The van der Waals surface area contributed by atoms with Gasteiger partial charge < -0.3 is 10.2 Å². The first-order chi connectivity index (χ1) is 17.3. The Labute approximate surface area is 214 Å². The van der Waals surface area contributed by atoms with Gasteiger partial charge in [0.05, 0.1) is 40.2 Å². The number of anilines is 2. The van der Waals surface area contributed by atoms with E-state index in [-0.39, 0.29) is 5.75 Å². The molecule has 9 nitrogen and oxygen atoms in total. The summed E-state index contributed by atoms with van der Waals surface area (Å²) in [5.74, 6) is 0.370. The molecule has 3 heterocycles. The molecule has 36 heavy (non-hydrogen) atoms. The van der Waals surface area contributed by atoms with E-state index in [0.717, 1.165) is 35.1 Å². The average Bonchev–Trinajstić information content (AvgIpc) is 3.45.